The van der Waals surface area contributed by atoms with Gasteiger partial charge in [0, 0.05) is 34.9 Å². The summed E-state index contributed by atoms with van der Waals surface area (Å²) < 4.78 is 0. The summed E-state index contributed by atoms with van der Waals surface area (Å²) in [5.41, 5.74) is 0.999. The number of allylic oxidation sites excluding steroid dienone is 2. The Kier molecular flexibility index (Phi) is 11.4. The summed E-state index contributed by atoms with van der Waals surface area (Å²) in [4.78, 5) is 82.5. The van der Waals surface area contributed by atoms with Gasteiger partial charge < -0.3 is 26.2 Å². The minimum absolute atomic E-state index is 0.00627. The van der Waals surface area contributed by atoms with Gasteiger partial charge in [-0.3, -0.25) is 29.0 Å². The molecular weight excluding hydrogens is 695 g/mol. The first kappa shape index (κ1) is 38.6. The molecule has 14 heteroatoms. The van der Waals surface area contributed by atoms with Crippen molar-refractivity contribution >= 4 is 47.0 Å². The van der Waals surface area contributed by atoms with Crippen molar-refractivity contribution in [1.82, 2.24) is 36.2 Å². The number of carbonyl (C=O) groups excluding carboxylic acids is 5. The normalized spacial score (nSPS) is 22.7. The molecule has 4 heterocycles. The van der Waals surface area contributed by atoms with Crippen LogP contribution < -0.4 is 21.3 Å². The van der Waals surface area contributed by atoms with Crippen molar-refractivity contribution in [2.45, 2.75) is 122 Å². The zero-order chi connectivity index (χ0) is 38.1. The maximum absolute atomic E-state index is 14.7. The van der Waals surface area contributed by atoms with E-state index in [0.29, 0.717) is 12.1 Å². The van der Waals surface area contributed by atoms with E-state index < -0.39 is 64.7 Å². The maximum atomic E-state index is 14.7. The number of Topliss-reactive ketones (excluding diaryl/α,β-unsaturated/α-hetero) is 1. The number of aromatic nitrogens is 1. The summed E-state index contributed by atoms with van der Waals surface area (Å²) >= 11 is 1.69. The van der Waals surface area contributed by atoms with Crippen molar-refractivity contribution in [1.29, 1.82) is 0 Å². The Bertz CT molecular complexity index is 1690. The van der Waals surface area contributed by atoms with Gasteiger partial charge in [-0.1, -0.05) is 46.1 Å². The van der Waals surface area contributed by atoms with Crippen LogP contribution in [0.5, 0.6) is 0 Å². The number of nitrogens with one attached hydrogen (secondary N) is 4. The van der Waals surface area contributed by atoms with Gasteiger partial charge in [-0.2, -0.15) is 0 Å². The second-order valence-electron chi connectivity index (χ2n) is 16.8. The highest BCUT2D eigenvalue weighted by molar-refractivity contribution is 8.03. The van der Waals surface area contributed by atoms with E-state index in [1.807, 2.05) is 71.9 Å². The Morgan fingerprint density at radius 1 is 0.981 bits per heavy atom. The molecule has 0 unspecified atom stereocenters. The van der Waals surface area contributed by atoms with Crippen LogP contribution in [0.3, 0.4) is 0 Å². The molecule has 1 saturated heterocycles. The monoisotopic (exact) mass is 747 g/mol. The number of fused-ring (bicyclic) bond motifs is 1. The molecule has 3 aliphatic heterocycles. The molecule has 5 aliphatic rings. The minimum Gasteiger partial charge on any atom is -0.347 e. The molecule has 3 fully saturated rings. The zero-order valence-electron chi connectivity index (χ0n) is 31.6. The molecule has 0 radical (unpaired) electrons. The molecule has 0 aromatic carbocycles. The molecule has 4 N–H and O–H groups in total. The number of likely N-dealkylation sites (tertiary alicyclic amines) is 1. The molecule has 13 nitrogen and oxygen atoms in total. The lowest BCUT2D eigenvalue weighted by Gasteiger charge is -2.36. The van der Waals surface area contributed by atoms with Crippen LogP contribution in [0.15, 0.2) is 53.2 Å². The number of nitrogens with zero attached hydrogens (tertiary/aromatic N) is 3. The number of ketones is 1. The van der Waals surface area contributed by atoms with Crippen LogP contribution in [-0.4, -0.2) is 92.6 Å². The highest BCUT2D eigenvalue weighted by Gasteiger charge is 2.48. The average Bonchev–Trinajstić information content (AvgIpc) is 3.57. The second-order valence-corrected chi connectivity index (χ2v) is 17.9. The zero-order valence-corrected chi connectivity index (χ0v) is 32.4. The second kappa shape index (κ2) is 15.7. The van der Waals surface area contributed by atoms with Crippen molar-refractivity contribution in [3.8, 4) is 0 Å². The smallest absolute Gasteiger partial charge is 0.315 e. The molecule has 0 spiro atoms. The number of amides is 5. The number of hydrogen-bond acceptors (Lipinski definition) is 9. The Morgan fingerprint density at radius 3 is 2.36 bits per heavy atom. The summed E-state index contributed by atoms with van der Waals surface area (Å²) in [5.74, 6) is -1.35. The van der Waals surface area contributed by atoms with Crippen LogP contribution in [0.2, 0.25) is 0 Å². The fourth-order valence-electron chi connectivity index (χ4n) is 6.91. The average molecular weight is 748 g/mol. The predicted molar refractivity (Wildman–Crippen MR) is 202 cm³/mol. The van der Waals surface area contributed by atoms with E-state index in [4.69, 9.17) is 4.84 Å². The van der Waals surface area contributed by atoms with Gasteiger partial charge in [-0.25, -0.2) is 9.86 Å². The highest BCUT2D eigenvalue weighted by atomic mass is 32.2. The van der Waals surface area contributed by atoms with Crippen molar-refractivity contribution in [3.63, 3.8) is 0 Å². The lowest BCUT2D eigenvalue weighted by Crippen LogP contribution is -2.61. The van der Waals surface area contributed by atoms with Gasteiger partial charge in [0.1, 0.15) is 18.2 Å². The van der Waals surface area contributed by atoms with Gasteiger partial charge in [0.2, 0.25) is 17.6 Å². The van der Waals surface area contributed by atoms with Crippen molar-refractivity contribution in [2.24, 2.45) is 11.3 Å². The number of hydrogen-bond donors (Lipinski definition) is 4. The third kappa shape index (κ3) is 9.50. The maximum Gasteiger partial charge on any atom is 0.315 e. The van der Waals surface area contributed by atoms with E-state index in [0.717, 1.165) is 54.2 Å². The number of thioether (sulfide) groups is 1. The van der Waals surface area contributed by atoms with Gasteiger partial charge in [-0.05, 0) is 81.7 Å². The Labute approximate surface area is 316 Å². The molecule has 6 rings (SSSR count). The number of urea groups is 1. The van der Waals surface area contributed by atoms with Crippen molar-refractivity contribution in [2.75, 3.05) is 12.3 Å². The van der Waals surface area contributed by atoms with E-state index in [1.54, 1.807) is 23.0 Å². The molecular formula is C39H53N7O6S. The summed E-state index contributed by atoms with van der Waals surface area (Å²) in [7, 11) is 0. The molecule has 1 aromatic heterocycles. The van der Waals surface area contributed by atoms with Crippen molar-refractivity contribution in [3.05, 3.63) is 58.9 Å². The van der Waals surface area contributed by atoms with E-state index in [9.17, 15) is 24.0 Å². The van der Waals surface area contributed by atoms with Gasteiger partial charge in [0.25, 0.3) is 5.91 Å². The Hall–Kier alpha value is -4.17. The molecule has 1 aromatic rings. The van der Waals surface area contributed by atoms with Gasteiger partial charge in [-0.15, -0.1) is 11.8 Å². The predicted octanol–water partition coefficient (Wildman–Crippen LogP) is 4.19. The molecule has 2 saturated carbocycles. The molecule has 4 atom stereocenters. The van der Waals surface area contributed by atoms with Crippen molar-refractivity contribution < 1.29 is 28.8 Å². The van der Waals surface area contributed by atoms with Gasteiger partial charge in [0.15, 0.2) is 0 Å². The topological polar surface area (TPSA) is 162 Å². The summed E-state index contributed by atoms with van der Waals surface area (Å²) in [6.45, 7) is 11.2. The first-order valence-electron chi connectivity index (χ1n) is 18.7. The Morgan fingerprint density at radius 2 is 1.74 bits per heavy atom. The molecule has 5 amide bonds. The van der Waals surface area contributed by atoms with Crippen LogP contribution in [0.1, 0.15) is 92.2 Å². The van der Waals surface area contributed by atoms with Crippen LogP contribution in [0.4, 0.5) is 4.79 Å². The summed E-state index contributed by atoms with van der Waals surface area (Å²) in [6.07, 6.45) is 12.2. The van der Waals surface area contributed by atoms with Crippen LogP contribution in [0, 0.1) is 11.3 Å². The summed E-state index contributed by atoms with van der Waals surface area (Å²) in [5, 5.41) is 13.2. The summed E-state index contributed by atoms with van der Waals surface area (Å²) in [6, 6.07) is 2.06. The quantitative estimate of drug-likeness (QED) is 0.230. The third-order valence-electron chi connectivity index (χ3n) is 10.1. The minimum atomic E-state index is -1.04. The van der Waals surface area contributed by atoms with E-state index in [2.05, 4.69) is 32.3 Å². The number of carbonyl (C=O) groups is 5. The number of hydroxylamine groups is 2. The number of rotatable bonds is 12. The standard InChI is InChI=1S/C39H53N7O6S/c1-38(2,3)33(43-37(51)44-39(4,5)6)36(50)45-22-25(52-46-28(26-12-7-8-18-40-26)15-16-31-29(46)17-19-53-31)21-30(45)34(48)42-27(20-23-10-9-11-23)32(47)35(49)41-24-13-14-24/h7-8,12,15-18,23-25,27,30,33H,9-11,13-14,19-22H2,1-6H3,(H,41,49)(H,42,48)(H2,43,44,51)/t25-,27+,30+,33-/m1/s1. The molecule has 0 bridgehead atoms. The SMILES string of the molecule is CC(C)(C)NC(=O)N[C@H](C(=O)N1C[C@H](ON2C3=CCSC3=CC=C2c2ccccn2)C[C@H]1C(=O)N[C@@H](CC1CCC1)C(=O)C(=O)NC1CC1)C(C)(C)C. The molecule has 286 valence electrons. The largest absolute Gasteiger partial charge is 0.347 e. The van der Waals surface area contributed by atoms with Gasteiger partial charge in [0.05, 0.1) is 29.7 Å². The highest BCUT2D eigenvalue weighted by Crippen LogP contribution is 2.42. The van der Waals surface area contributed by atoms with E-state index in [-0.39, 0.29) is 24.9 Å². The van der Waals surface area contributed by atoms with E-state index >= 15 is 0 Å². The third-order valence-corrected chi connectivity index (χ3v) is 11.1. The van der Waals surface area contributed by atoms with Gasteiger partial charge >= 0.3 is 6.03 Å². The molecule has 2 aliphatic carbocycles. The van der Waals surface area contributed by atoms with Crippen LogP contribution in [0.25, 0.3) is 5.70 Å². The first-order chi connectivity index (χ1) is 25.1. The fraction of sp³-hybridized carbons (Fsp3) is 0.590. The van der Waals surface area contributed by atoms with E-state index in [1.165, 1.54) is 4.90 Å². The Balaban J connectivity index is 1.28. The lowest BCUT2D eigenvalue weighted by molar-refractivity contribution is -0.145. The van der Waals surface area contributed by atoms with Crippen LogP contribution >= 0.6 is 11.8 Å². The number of pyridine rings is 1. The first-order valence-corrected chi connectivity index (χ1v) is 19.7. The van der Waals surface area contributed by atoms with Crippen LogP contribution in [-0.2, 0) is 24.0 Å². The lowest BCUT2D eigenvalue weighted by atomic mass is 9.80. The fourth-order valence-corrected chi connectivity index (χ4v) is 7.81. The molecule has 53 heavy (non-hydrogen) atoms.